The zero-order valence-electron chi connectivity index (χ0n) is 9.42. The van der Waals surface area contributed by atoms with Crippen LogP contribution in [0.5, 0.6) is 0 Å². The summed E-state index contributed by atoms with van der Waals surface area (Å²) in [7, 11) is 0.0975. The van der Waals surface area contributed by atoms with Gasteiger partial charge in [-0.15, -0.1) is 0 Å². The van der Waals surface area contributed by atoms with Crippen LogP contribution in [0.2, 0.25) is 6.04 Å². The third-order valence-corrected chi connectivity index (χ3v) is 4.51. The summed E-state index contributed by atoms with van der Waals surface area (Å²) in [5.74, 6) is 0. The van der Waals surface area contributed by atoms with Crippen LogP contribution in [0.25, 0.3) is 0 Å². The quantitative estimate of drug-likeness (QED) is 0.494. The lowest BCUT2D eigenvalue weighted by Gasteiger charge is -2.09. The SMILES string of the molecule is CCCC[SiH2][C](C)Cc1ccccc1. The normalized spacial score (nSPS) is 11.6. The summed E-state index contributed by atoms with van der Waals surface area (Å²) in [4.78, 5) is 0. The van der Waals surface area contributed by atoms with Crippen molar-refractivity contribution in [2.24, 2.45) is 0 Å². The molecule has 0 atom stereocenters. The minimum absolute atomic E-state index is 0.0975. The molecule has 0 N–H and O–H groups in total. The van der Waals surface area contributed by atoms with Crippen molar-refractivity contribution in [3.05, 3.63) is 41.4 Å². The van der Waals surface area contributed by atoms with E-state index >= 15 is 0 Å². The average molecular weight is 205 g/mol. The summed E-state index contributed by atoms with van der Waals surface area (Å²) in [6.45, 7) is 4.62. The number of unbranched alkanes of at least 4 members (excludes halogenated alkanes) is 1. The molecule has 0 amide bonds. The van der Waals surface area contributed by atoms with Crippen LogP contribution < -0.4 is 0 Å². The Hall–Kier alpha value is -0.563. The summed E-state index contributed by atoms with van der Waals surface area (Å²) in [6.07, 6.45) is 4.00. The van der Waals surface area contributed by atoms with Crippen molar-refractivity contribution in [3.63, 3.8) is 0 Å². The highest BCUT2D eigenvalue weighted by Gasteiger charge is 2.03. The van der Waals surface area contributed by atoms with E-state index in [2.05, 4.69) is 44.2 Å². The van der Waals surface area contributed by atoms with Crippen LogP contribution in [-0.4, -0.2) is 9.52 Å². The first-order chi connectivity index (χ1) is 6.83. The highest BCUT2D eigenvalue weighted by Crippen LogP contribution is 2.11. The fourth-order valence-electron chi connectivity index (χ4n) is 1.71. The molecule has 1 heteroatoms. The van der Waals surface area contributed by atoms with Gasteiger partial charge in [-0.3, -0.25) is 0 Å². The predicted octanol–water partition coefficient (Wildman–Crippen LogP) is 3.17. The third kappa shape index (κ3) is 4.61. The van der Waals surface area contributed by atoms with E-state index in [1.807, 2.05) is 0 Å². The molecule has 1 rings (SSSR count). The first-order valence-corrected chi connectivity index (χ1v) is 7.39. The van der Waals surface area contributed by atoms with Crippen molar-refractivity contribution in [1.29, 1.82) is 0 Å². The Morgan fingerprint density at radius 2 is 1.93 bits per heavy atom. The Balaban J connectivity index is 2.23. The monoisotopic (exact) mass is 205 g/mol. The Bertz CT molecular complexity index is 230. The molecule has 1 radical (unpaired) electrons. The number of benzene rings is 1. The highest BCUT2D eigenvalue weighted by atomic mass is 28.2. The Kier molecular flexibility index (Phi) is 5.61. The lowest BCUT2D eigenvalue weighted by Crippen LogP contribution is -2.06. The molecule has 0 aliphatic carbocycles. The molecule has 1 aromatic rings. The van der Waals surface area contributed by atoms with Crippen LogP contribution in [0.4, 0.5) is 0 Å². The van der Waals surface area contributed by atoms with Gasteiger partial charge in [0.05, 0.1) is 0 Å². The van der Waals surface area contributed by atoms with E-state index in [9.17, 15) is 0 Å². The van der Waals surface area contributed by atoms with Crippen molar-refractivity contribution < 1.29 is 0 Å². The molecule has 0 unspecified atom stereocenters. The van der Waals surface area contributed by atoms with Crippen LogP contribution in [0.3, 0.4) is 0 Å². The molecule has 0 bridgehead atoms. The summed E-state index contributed by atoms with van der Waals surface area (Å²) in [6, 6.07) is 12.3. The van der Waals surface area contributed by atoms with Gasteiger partial charge in [0, 0.05) is 9.52 Å². The van der Waals surface area contributed by atoms with Gasteiger partial charge in [-0.1, -0.05) is 63.1 Å². The molecular formula is C13H21Si. The van der Waals surface area contributed by atoms with Gasteiger partial charge in [0.1, 0.15) is 0 Å². The average Bonchev–Trinajstić information content (AvgIpc) is 2.20. The summed E-state index contributed by atoms with van der Waals surface area (Å²) < 4.78 is 0. The maximum atomic E-state index is 2.34. The number of hydrogen-bond acceptors (Lipinski definition) is 0. The summed E-state index contributed by atoms with van der Waals surface area (Å²) in [5, 5.41) is 0. The summed E-state index contributed by atoms with van der Waals surface area (Å²) >= 11 is 0. The fraction of sp³-hybridized carbons (Fsp3) is 0.462. The molecule has 0 saturated heterocycles. The van der Waals surface area contributed by atoms with Gasteiger partial charge in [0.2, 0.25) is 0 Å². The van der Waals surface area contributed by atoms with E-state index < -0.39 is 0 Å². The van der Waals surface area contributed by atoms with E-state index in [1.54, 1.807) is 5.54 Å². The van der Waals surface area contributed by atoms with Crippen molar-refractivity contribution in [2.75, 3.05) is 0 Å². The first-order valence-electron chi connectivity index (χ1n) is 5.68. The Morgan fingerprint density at radius 3 is 2.57 bits per heavy atom. The largest absolute Gasteiger partial charge is 0.0654 e. The minimum atomic E-state index is 0.0975. The van der Waals surface area contributed by atoms with Crippen molar-refractivity contribution in [3.8, 4) is 0 Å². The van der Waals surface area contributed by atoms with Crippen LogP contribution in [0.15, 0.2) is 30.3 Å². The predicted molar refractivity (Wildman–Crippen MR) is 67.3 cm³/mol. The highest BCUT2D eigenvalue weighted by molar-refractivity contribution is 6.42. The Labute approximate surface area is 90.6 Å². The molecule has 0 aliphatic heterocycles. The van der Waals surface area contributed by atoms with Crippen molar-refractivity contribution >= 4 is 9.52 Å². The zero-order chi connectivity index (χ0) is 10.2. The van der Waals surface area contributed by atoms with E-state index in [-0.39, 0.29) is 9.52 Å². The van der Waals surface area contributed by atoms with Gasteiger partial charge in [-0.05, 0) is 17.5 Å². The van der Waals surface area contributed by atoms with E-state index in [4.69, 9.17) is 0 Å². The molecular weight excluding hydrogens is 184 g/mol. The lowest BCUT2D eigenvalue weighted by molar-refractivity contribution is 0.874. The maximum absolute atomic E-state index is 2.34. The van der Waals surface area contributed by atoms with Crippen LogP contribution in [0, 0.1) is 5.54 Å². The van der Waals surface area contributed by atoms with Crippen LogP contribution in [0.1, 0.15) is 32.3 Å². The van der Waals surface area contributed by atoms with Crippen LogP contribution >= 0.6 is 0 Å². The smallest absolute Gasteiger partial charge is 0.0274 e. The number of rotatable bonds is 6. The van der Waals surface area contributed by atoms with Gasteiger partial charge in [-0.25, -0.2) is 0 Å². The van der Waals surface area contributed by atoms with Crippen molar-refractivity contribution in [1.82, 2.24) is 0 Å². The maximum Gasteiger partial charge on any atom is 0.0274 e. The molecule has 0 fully saturated rings. The second-order valence-electron chi connectivity index (χ2n) is 4.08. The van der Waals surface area contributed by atoms with E-state index in [1.165, 1.54) is 30.9 Å². The minimum Gasteiger partial charge on any atom is -0.0654 e. The molecule has 77 valence electrons. The fourth-order valence-corrected chi connectivity index (χ4v) is 3.53. The molecule has 0 aromatic heterocycles. The molecule has 0 nitrogen and oxygen atoms in total. The molecule has 0 heterocycles. The molecule has 0 spiro atoms. The zero-order valence-corrected chi connectivity index (χ0v) is 10.8. The van der Waals surface area contributed by atoms with Crippen molar-refractivity contribution in [2.45, 2.75) is 39.2 Å². The van der Waals surface area contributed by atoms with Gasteiger partial charge in [-0.2, -0.15) is 0 Å². The first kappa shape index (κ1) is 11.5. The van der Waals surface area contributed by atoms with Gasteiger partial charge < -0.3 is 0 Å². The summed E-state index contributed by atoms with van der Waals surface area (Å²) in [5.41, 5.74) is 3.23. The van der Waals surface area contributed by atoms with Gasteiger partial charge >= 0.3 is 0 Å². The Morgan fingerprint density at radius 1 is 1.21 bits per heavy atom. The topological polar surface area (TPSA) is 0 Å². The standard InChI is InChI=1S/C13H21Si/c1-3-4-10-14-12(2)11-13-8-6-5-7-9-13/h5-9H,3-4,10-11,14H2,1-2H3. The molecule has 1 aromatic carbocycles. The molecule has 0 saturated carbocycles. The third-order valence-electron chi connectivity index (χ3n) is 2.56. The van der Waals surface area contributed by atoms with E-state index in [0.29, 0.717) is 0 Å². The van der Waals surface area contributed by atoms with Crippen LogP contribution in [-0.2, 0) is 6.42 Å². The molecule has 0 aliphatic rings. The molecule has 14 heavy (non-hydrogen) atoms. The lowest BCUT2D eigenvalue weighted by atomic mass is 10.1. The second kappa shape index (κ2) is 6.83. The van der Waals surface area contributed by atoms with Gasteiger partial charge in [0.25, 0.3) is 0 Å². The second-order valence-corrected chi connectivity index (χ2v) is 6.49. The number of hydrogen-bond donors (Lipinski definition) is 0. The van der Waals surface area contributed by atoms with Gasteiger partial charge in [0.15, 0.2) is 0 Å². The van der Waals surface area contributed by atoms with E-state index in [0.717, 1.165) is 0 Å².